The predicted octanol–water partition coefficient (Wildman–Crippen LogP) is 3.89. The number of aryl methyl sites for hydroxylation is 3. The minimum Gasteiger partial charge on any atom is -0.261 e. The molecule has 1 aliphatic carbocycles. The first kappa shape index (κ1) is 10.5. The maximum absolute atomic E-state index is 4.44. The second-order valence-electron chi connectivity index (χ2n) is 5.10. The average molecular weight is 223 g/mol. The standard InChI is InChI=1S/C16H17N/c1-9-7-10(2)15-14(11(9)3)8-13-5-6-17-12(4)16(13)15/h5-7H,8H2,1-4H3. The van der Waals surface area contributed by atoms with E-state index >= 15 is 0 Å². The molecule has 0 spiro atoms. The molecule has 0 saturated heterocycles. The zero-order valence-electron chi connectivity index (χ0n) is 10.9. The fourth-order valence-electron chi connectivity index (χ4n) is 3.04. The highest BCUT2D eigenvalue weighted by Crippen LogP contribution is 2.42. The molecule has 1 nitrogen and oxygen atoms in total. The summed E-state index contributed by atoms with van der Waals surface area (Å²) in [6.45, 7) is 8.77. The number of hydrogen-bond donors (Lipinski definition) is 0. The molecule has 0 radical (unpaired) electrons. The van der Waals surface area contributed by atoms with E-state index < -0.39 is 0 Å². The maximum Gasteiger partial charge on any atom is 0.0454 e. The minimum absolute atomic E-state index is 1.07. The topological polar surface area (TPSA) is 12.9 Å². The van der Waals surface area contributed by atoms with E-state index in [1.54, 1.807) is 0 Å². The van der Waals surface area contributed by atoms with Gasteiger partial charge in [-0.25, -0.2) is 0 Å². The summed E-state index contributed by atoms with van der Waals surface area (Å²) >= 11 is 0. The highest BCUT2D eigenvalue weighted by Gasteiger charge is 2.24. The zero-order valence-corrected chi connectivity index (χ0v) is 10.9. The molecule has 2 aromatic rings. The normalized spacial score (nSPS) is 12.5. The van der Waals surface area contributed by atoms with E-state index in [0.717, 1.165) is 12.1 Å². The Morgan fingerprint density at radius 3 is 2.53 bits per heavy atom. The van der Waals surface area contributed by atoms with Crippen molar-refractivity contribution < 1.29 is 0 Å². The minimum atomic E-state index is 1.07. The number of pyridine rings is 1. The van der Waals surface area contributed by atoms with E-state index in [4.69, 9.17) is 0 Å². The van der Waals surface area contributed by atoms with Gasteiger partial charge in [0.25, 0.3) is 0 Å². The first-order valence-corrected chi connectivity index (χ1v) is 6.14. The Morgan fingerprint density at radius 1 is 1.00 bits per heavy atom. The molecule has 1 heterocycles. The Kier molecular flexibility index (Phi) is 2.12. The van der Waals surface area contributed by atoms with Crippen molar-refractivity contribution in [1.82, 2.24) is 4.98 Å². The molecule has 0 unspecified atom stereocenters. The molecule has 1 heteroatoms. The van der Waals surface area contributed by atoms with Gasteiger partial charge in [-0.2, -0.15) is 0 Å². The zero-order chi connectivity index (χ0) is 12.2. The molecule has 0 fully saturated rings. The van der Waals surface area contributed by atoms with E-state index in [0.29, 0.717) is 0 Å². The highest BCUT2D eigenvalue weighted by atomic mass is 14.7. The SMILES string of the molecule is Cc1cc(C)c2c(c1C)Cc1ccnc(C)c1-2. The summed E-state index contributed by atoms with van der Waals surface area (Å²) in [4.78, 5) is 4.44. The lowest BCUT2D eigenvalue weighted by molar-refractivity contribution is 1.15. The van der Waals surface area contributed by atoms with Crippen molar-refractivity contribution in [1.29, 1.82) is 0 Å². The van der Waals surface area contributed by atoms with Crippen LogP contribution < -0.4 is 0 Å². The summed E-state index contributed by atoms with van der Waals surface area (Å²) in [7, 11) is 0. The third-order valence-electron chi connectivity index (χ3n) is 4.02. The lowest BCUT2D eigenvalue weighted by Gasteiger charge is -2.12. The Hall–Kier alpha value is -1.63. The average Bonchev–Trinajstić information content (AvgIpc) is 2.67. The second kappa shape index (κ2) is 3.43. The monoisotopic (exact) mass is 223 g/mol. The molecular formula is C16H17N. The summed E-state index contributed by atoms with van der Waals surface area (Å²) in [5, 5.41) is 0. The molecule has 0 bridgehead atoms. The van der Waals surface area contributed by atoms with Gasteiger partial charge in [0.05, 0.1) is 0 Å². The lowest BCUT2D eigenvalue weighted by atomic mass is 9.93. The largest absolute Gasteiger partial charge is 0.261 e. The number of rotatable bonds is 0. The van der Waals surface area contributed by atoms with Crippen LogP contribution in [0, 0.1) is 27.7 Å². The first-order chi connectivity index (χ1) is 8.09. The number of nitrogens with zero attached hydrogens (tertiary/aromatic N) is 1. The van der Waals surface area contributed by atoms with Crippen LogP contribution in [0.15, 0.2) is 18.3 Å². The second-order valence-corrected chi connectivity index (χ2v) is 5.10. The van der Waals surface area contributed by atoms with Crippen molar-refractivity contribution in [3.63, 3.8) is 0 Å². The molecule has 1 aromatic heterocycles. The summed E-state index contributed by atoms with van der Waals surface area (Å²) in [5.74, 6) is 0. The first-order valence-electron chi connectivity index (χ1n) is 6.14. The smallest absolute Gasteiger partial charge is 0.0454 e. The van der Waals surface area contributed by atoms with Crippen LogP contribution in [0.3, 0.4) is 0 Å². The van der Waals surface area contributed by atoms with E-state index in [1.807, 2.05) is 6.20 Å². The maximum atomic E-state index is 4.44. The molecule has 0 N–H and O–H groups in total. The highest BCUT2D eigenvalue weighted by molar-refractivity contribution is 5.82. The van der Waals surface area contributed by atoms with Crippen molar-refractivity contribution in [2.45, 2.75) is 34.1 Å². The van der Waals surface area contributed by atoms with Crippen molar-refractivity contribution in [2.75, 3.05) is 0 Å². The summed E-state index contributed by atoms with van der Waals surface area (Å²) < 4.78 is 0. The number of benzene rings is 1. The predicted molar refractivity (Wildman–Crippen MR) is 71.4 cm³/mol. The Bertz CT molecular complexity index is 624. The summed E-state index contributed by atoms with van der Waals surface area (Å²) in [5.41, 5.74) is 11.2. The van der Waals surface area contributed by atoms with Gasteiger partial charge in [0.2, 0.25) is 0 Å². The quantitative estimate of drug-likeness (QED) is 0.563. The van der Waals surface area contributed by atoms with Crippen LogP contribution in [0.5, 0.6) is 0 Å². The van der Waals surface area contributed by atoms with E-state index in [9.17, 15) is 0 Å². The van der Waals surface area contributed by atoms with Gasteiger partial charge < -0.3 is 0 Å². The van der Waals surface area contributed by atoms with Gasteiger partial charge in [-0.3, -0.25) is 4.98 Å². The number of aromatic nitrogens is 1. The Labute approximate surface area is 103 Å². The van der Waals surface area contributed by atoms with E-state index in [-0.39, 0.29) is 0 Å². The third kappa shape index (κ3) is 1.35. The lowest BCUT2D eigenvalue weighted by Crippen LogP contribution is -1.94. The summed E-state index contributed by atoms with van der Waals surface area (Å²) in [6, 6.07) is 4.46. The molecule has 0 aliphatic heterocycles. The number of hydrogen-bond acceptors (Lipinski definition) is 1. The van der Waals surface area contributed by atoms with Crippen LogP contribution in [-0.4, -0.2) is 4.98 Å². The van der Waals surface area contributed by atoms with Crippen LogP contribution in [0.25, 0.3) is 11.1 Å². The number of fused-ring (bicyclic) bond motifs is 3. The fraction of sp³-hybridized carbons (Fsp3) is 0.312. The van der Waals surface area contributed by atoms with Gasteiger partial charge in [0, 0.05) is 17.5 Å². The van der Waals surface area contributed by atoms with Crippen molar-refractivity contribution in [3.05, 3.63) is 51.8 Å². The van der Waals surface area contributed by atoms with Gasteiger partial charge in [0.1, 0.15) is 0 Å². The molecule has 1 aromatic carbocycles. The molecule has 1 aliphatic rings. The Morgan fingerprint density at radius 2 is 1.76 bits per heavy atom. The van der Waals surface area contributed by atoms with Gasteiger partial charge in [-0.05, 0) is 73.6 Å². The van der Waals surface area contributed by atoms with Crippen molar-refractivity contribution in [2.24, 2.45) is 0 Å². The molecule has 17 heavy (non-hydrogen) atoms. The molecule has 0 saturated carbocycles. The third-order valence-corrected chi connectivity index (χ3v) is 4.02. The van der Waals surface area contributed by atoms with E-state index in [2.05, 4.69) is 44.8 Å². The van der Waals surface area contributed by atoms with Crippen LogP contribution in [0.4, 0.5) is 0 Å². The van der Waals surface area contributed by atoms with Gasteiger partial charge in [-0.15, -0.1) is 0 Å². The van der Waals surface area contributed by atoms with Crippen molar-refractivity contribution >= 4 is 0 Å². The van der Waals surface area contributed by atoms with Crippen LogP contribution in [0.2, 0.25) is 0 Å². The molecule has 86 valence electrons. The molecule has 0 atom stereocenters. The van der Waals surface area contributed by atoms with Crippen molar-refractivity contribution in [3.8, 4) is 11.1 Å². The molecule has 0 amide bonds. The fourth-order valence-corrected chi connectivity index (χ4v) is 3.04. The van der Waals surface area contributed by atoms with E-state index in [1.165, 1.54) is 38.9 Å². The van der Waals surface area contributed by atoms with Crippen LogP contribution >= 0.6 is 0 Å². The van der Waals surface area contributed by atoms with Gasteiger partial charge >= 0.3 is 0 Å². The van der Waals surface area contributed by atoms with Crippen LogP contribution in [-0.2, 0) is 6.42 Å². The molecule has 3 rings (SSSR count). The Balaban J connectivity index is 2.40. The van der Waals surface area contributed by atoms with Crippen LogP contribution in [0.1, 0.15) is 33.5 Å². The summed E-state index contributed by atoms with van der Waals surface area (Å²) in [6.07, 6.45) is 3.00. The van der Waals surface area contributed by atoms with Gasteiger partial charge in [-0.1, -0.05) is 6.07 Å². The van der Waals surface area contributed by atoms with Gasteiger partial charge in [0.15, 0.2) is 0 Å². The molecular weight excluding hydrogens is 206 g/mol.